The first-order chi connectivity index (χ1) is 6.68. The van der Waals surface area contributed by atoms with Gasteiger partial charge in [0.05, 0.1) is 6.42 Å². The molecule has 0 heterocycles. The van der Waals surface area contributed by atoms with Gasteiger partial charge in [-0.1, -0.05) is 0 Å². The summed E-state index contributed by atoms with van der Waals surface area (Å²) in [5, 5.41) is 8.70. The average Bonchev–Trinajstić information content (AvgIpc) is 2.84. The lowest BCUT2D eigenvalue weighted by Crippen LogP contribution is -2.11. The zero-order chi connectivity index (χ0) is 10.4. The van der Waals surface area contributed by atoms with E-state index in [1.807, 2.05) is 11.8 Å². The molecule has 0 radical (unpaired) electrons. The summed E-state index contributed by atoms with van der Waals surface area (Å²) < 4.78 is 4.95. The van der Waals surface area contributed by atoms with E-state index in [0.29, 0.717) is 6.42 Å². The van der Waals surface area contributed by atoms with Crippen LogP contribution in [0.5, 0.6) is 0 Å². The number of carboxylic acids is 1. The van der Waals surface area contributed by atoms with E-state index in [0.717, 1.165) is 37.4 Å². The predicted molar refractivity (Wildman–Crippen MR) is 57.7 cm³/mol. The summed E-state index contributed by atoms with van der Waals surface area (Å²) in [5.74, 6) is 1.43. The number of hydrogen-bond acceptors (Lipinski definition) is 3. The minimum Gasteiger partial charge on any atom is -0.481 e. The summed E-state index contributed by atoms with van der Waals surface area (Å²) in [6.07, 6.45) is 3.60. The molecule has 0 bridgehead atoms. The maximum absolute atomic E-state index is 10.6. The van der Waals surface area contributed by atoms with Crippen molar-refractivity contribution in [2.75, 3.05) is 25.2 Å². The molecule has 82 valence electrons. The summed E-state index contributed by atoms with van der Waals surface area (Å²) in [4.78, 5) is 10.6. The number of thioether (sulfide) groups is 1. The van der Waals surface area contributed by atoms with Gasteiger partial charge in [0.2, 0.25) is 0 Å². The van der Waals surface area contributed by atoms with Gasteiger partial charge < -0.3 is 9.84 Å². The van der Waals surface area contributed by atoms with Crippen LogP contribution in [0.15, 0.2) is 0 Å². The van der Waals surface area contributed by atoms with Gasteiger partial charge in [0.15, 0.2) is 0 Å². The van der Waals surface area contributed by atoms with Crippen molar-refractivity contribution in [3.63, 3.8) is 0 Å². The number of carbonyl (C=O) groups is 1. The van der Waals surface area contributed by atoms with E-state index < -0.39 is 5.97 Å². The molecule has 0 aromatic rings. The summed E-state index contributed by atoms with van der Waals surface area (Å²) >= 11 is 1.86. The topological polar surface area (TPSA) is 46.5 Å². The van der Waals surface area contributed by atoms with Crippen LogP contribution in [0.4, 0.5) is 0 Å². The lowest BCUT2D eigenvalue weighted by molar-refractivity contribution is -0.138. The molecule has 3 nitrogen and oxygen atoms in total. The SMILES string of the molecule is COCCCSCC1(CC(=O)O)CC1. The normalized spacial score (nSPS) is 18.1. The van der Waals surface area contributed by atoms with Crippen molar-refractivity contribution in [1.29, 1.82) is 0 Å². The van der Waals surface area contributed by atoms with Gasteiger partial charge in [-0.3, -0.25) is 4.79 Å². The first kappa shape index (κ1) is 11.9. The number of rotatable bonds is 8. The number of aliphatic carboxylic acids is 1. The molecular weight excluding hydrogens is 200 g/mol. The minimum absolute atomic E-state index is 0.142. The second-order valence-electron chi connectivity index (χ2n) is 3.97. The van der Waals surface area contributed by atoms with Crippen molar-refractivity contribution in [2.45, 2.75) is 25.7 Å². The van der Waals surface area contributed by atoms with Crippen molar-refractivity contribution < 1.29 is 14.6 Å². The fraction of sp³-hybridized carbons (Fsp3) is 0.900. The van der Waals surface area contributed by atoms with Crippen LogP contribution in [0.3, 0.4) is 0 Å². The largest absolute Gasteiger partial charge is 0.481 e. The number of hydrogen-bond donors (Lipinski definition) is 1. The molecule has 0 amide bonds. The van der Waals surface area contributed by atoms with Crippen LogP contribution in [-0.2, 0) is 9.53 Å². The van der Waals surface area contributed by atoms with Crippen molar-refractivity contribution in [3.8, 4) is 0 Å². The predicted octanol–water partition coefficient (Wildman–Crippen LogP) is 2.01. The summed E-state index contributed by atoms with van der Waals surface area (Å²) in [5.41, 5.74) is 0.142. The van der Waals surface area contributed by atoms with E-state index >= 15 is 0 Å². The van der Waals surface area contributed by atoms with Gasteiger partial charge in [0, 0.05) is 13.7 Å². The first-order valence-corrected chi connectivity index (χ1v) is 6.12. The molecule has 1 N–H and O–H groups in total. The summed E-state index contributed by atoms with van der Waals surface area (Å²) in [7, 11) is 1.71. The van der Waals surface area contributed by atoms with Gasteiger partial charge in [0.25, 0.3) is 0 Å². The number of carboxylic acid groups (broad SMARTS) is 1. The highest BCUT2D eigenvalue weighted by Gasteiger charge is 2.43. The molecule has 0 aromatic carbocycles. The van der Waals surface area contributed by atoms with Gasteiger partial charge >= 0.3 is 5.97 Å². The molecule has 0 aromatic heterocycles. The second-order valence-corrected chi connectivity index (χ2v) is 5.07. The average molecular weight is 218 g/mol. The highest BCUT2D eigenvalue weighted by atomic mass is 32.2. The molecule has 1 rings (SSSR count). The Morgan fingerprint density at radius 1 is 1.57 bits per heavy atom. The molecule has 0 saturated heterocycles. The molecule has 4 heteroatoms. The monoisotopic (exact) mass is 218 g/mol. The van der Waals surface area contributed by atoms with E-state index in [1.54, 1.807) is 7.11 Å². The standard InChI is InChI=1S/C10H18O3S/c1-13-5-2-6-14-8-10(3-4-10)7-9(11)12/h2-8H2,1H3,(H,11,12). The minimum atomic E-state index is -0.653. The maximum atomic E-state index is 10.6. The molecular formula is C10H18O3S. The van der Waals surface area contributed by atoms with Crippen molar-refractivity contribution in [3.05, 3.63) is 0 Å². The van der Waals surface area contributed by atoms with Crippen molar-refractivity contribution in [1.82, 2.24) is 0 Å². The zero-order valence-electron chi connectivity index (χ0n) is 8.62. The second kappa shape index (κ2) is 5.61. The van der Waals surface area contributed by atoms with Crippen LogP contribution >= 0.6 is 11.8 Å². The molecule has 0 aliphatic heterocycles. The van der Waals surface area contributed by atoms with Crippen LogP contribution < -0.4 is 0 Å². The van der Waals surface area contributed by atoms with E-state index in [4.69, 9.17) is 9.84 Å². The van der Waals surface area contributed by atoms with Gasteiger partial charge in [-0.05, 0) is 36.2 Å². The highest BCUT2D eigenvalue weighted by Crippen LogP contribution is 2.50. The Morgan fingerprint density at radius 3 is 2.79 bits per heavy atom. The third kappa shape index (κ3) is 4.33. The van der Waals surface area contributed by atoms with E-state index in [1.165, 1.54) is 0 Å². The number of methoxy groups -OCH3 is 1. The molecule has 0 spiro atoms. The molecule has 1 aliphatic carbocycles. The van der Waals surface area contributed by atoms with Gasteiger partial charge in [0.1, 0.15) is 0 Å². The molecule has 1 saturated carbocycles. The highest BCUT2D eigenvalue weighted by molar-refractivity contribution is 7.99. The van der Waals surface area contributed by atoms with Crippen LogP contribution in [0.2, 0.25) is 0 Å². The molecule has 1 aliphatic rings. The fourth-order valence-corrected chi connectivity index (χ4v) is 2.75. The Morgan fingerprint density at radius 2 is 2.29 bits per heavy atom. The van der Waals surface area contributed by atoms with Crippen LogP contribution in [-0.4, -0.2) is 36.3 Å². The molecule has 0 unspecified atom stereocenters. The Balaban J connectivity index is 2.03. The molecule has 14 heavy (non-hydrogen) atoms. The zero-order valence-corrected chi connectivity index (χ0v) is 9.44. The fourth-order valence-electron chi connectivity index (χ4n) is 1.46. The van der Waals surface area contributed by atoms with Crippen molar-refractivity contribution in [2.24, 2.45) is 5.41 Å². The lowest BCUT2D eigenvalue weighted by atomic mass is 10.1. The summed E-state index contributed by atoms with van der Waals surface area (Å²) in [6, 6.07) is 0. The molecule has 0 atom stereocenters. The number of ether oxygens (including phenoxy) is 1. The van der Waals surface area contributed by atoms with Crippen LogP contribution in [0.25, 0.3) is 0 Å². The van der Waals surface area contributed by atoms with E-state index in [-0.39, 0.29) is 5.41 Å². The Labute approximate surface area is 89.2 Å². The van der Waals surface area contributed by atoms with E-state index in [9.17, 15) is 4.79 Å². The maximum Gasteiger partial charge on any atom is 0.303 e. The van der Waals surface area contributed by atoms with E-state index in [2.05, 4.69) is 0 Å². The van der Waals surface area contributed by atoms with Crippen molar-refractivity contribution >= 4 is 17.7 Å². The Bertz CT molecular complexity index is 190. The Kier molecular flexibility index (Phi) is 4.75. The van der Waals surface area contributed by atoms with Gasteiger partial charge in [-0.15, -0.1) is 0 Å². The van der Waals surface area contributed by atoms with Crippen LogP contribution in [0, 0.1) is 5.41 Å². The third-order valence-corrected chi connectivity index (χ3v) is 3.92. The third-order valence-electron chi connectivity index (χ3n) is 2.53. The van der Waals surface area contributed by atoms with Gasteiger partial charge in [-0.25, -0.2) is 0 Å². The Hall–Kier alpha value is -0.220. The first-order valence-electron chi connectivity index (χ1n) is 4.97. The smallest absolute Gasteiger partial charge is 0.303 e. The quantitative estimate of drug-likeness (QED) is 0.633. The summed E-state index contributed by atoms with van der Waals surface area (Å²) in [6.45, 7) is 0.804. The molecule has 1 fully saturated rings. The van der Waals surface area contributed by atoms with Crippen LogP contribution in [0.1, 0.15) is 25.7 Å². The lowest BCUT2D eigenvalue weighted by Gasteiger charge is -2.11. The van der Waals surface area contributed by atoms with Gasteiger partial charge in [-0.2, -0.15) is 11.8 Å².